The number of hydrogen-bond acceptors (Lipinski definition) is 2. The molecule has 0 aliphatic heterocycles. The fourth-order valence-corrected chi connectivity index (χ4v) is 8.30. The summed E-state index contributed by atoms with van der Waals surface area (Å²) in [6, 6.07) is 3.91. The van der Waals surface area contributed by atoms with Gasteiger partial charge in [0.05, 0.1) is 6.61 Å². The zero-order valence-electron chi connectivity index (χ0n) is 17.0. The molecule has 4 heteroatoms. The normalized spacial score (nSPS) is 11.5. The van der Waals surface area contributed by atoms with Crippen LogP contribution in [0.1, 0.15) is 91.4 Å². The highest BCUT2D eigenvalue weighted by Gasteiger charge is 2.27. The van der Waals surface area contributed by atoms with Gasteiger partial charge in [0.1, 0.15) is 0 Å². The highest BCUT2D eigenvalue weighted by Crippen LogP contribution is 2.30. The van der Waals surface area contributed by atoms with Crippen LogP contribution in [0.15, 0.2) is 12.2 Å². The van der Waals surface area contributed by atoms with Crippen LogP contribution in [-0.2, 0) is 9.53 Å². The van der Waals surface area contributed by atoms with E-state index in [4.69, 9.17) is 15.8 Å². The molecule has 25 heavy (non-hydrogen) atoms. The number of unbranched alkanes of at least 4 members (excludes halogenated alkanes) is 8. The van der Waals surface area contributed by atoms with Crippen LogP contribution in [0.4, 0.5) is 0 Å². The topological polar surface area (TPSA) is 26.3 Å². The van der Waals surface area contributed by atoms with Gasteiger partial charge in [-0.1, -0.05) is 84.6 Å². The van der Waals surface area contributed by atoms with Crippen LogP contribution in [0.3, 0.4) is 0 Å². The number of hydrogen-bond donors (Lipinski definition) is 0. The van der Waals surface area contributed by atoms with Gasteiger partial charge in [0.25, 0.3) is 0 Å². The Labute approximate surface area is 162 Å². The highest BCUT2D eigenvalue weighted by atomic mass is 35.6. The molecule has 0 bridgehead atoms. The van der Waals surface area contributed by atoms with Crippen LogP contribution in [0, 0.1) is 0 Å². The summed E-state index contributed by atoms with van der Waals surface area (Å²) in [5.41, 5.74) is 0.485. The first-order valence-corrected chi connectivity index (χ1v) is 14.1. The fourth-order valence-electron chi connectivity index (χ4n) is 3.34. The second-order valence-corrected chi connectivity index (χ2v) is 13.7. The molecule has 0 aliphatic carbocycles. The fraction of sp³-hybridized carbons (Fsp3) is 0.857. The van der Waals surface area contributed by atoms with E-state index in [2.05, 4.69) is 20.4 Å². The van der Waals surface area contributed by atoms with Gasteiger partial charge in [0.15, 0.2) is 7.38 Å². The van der Waals surface area contributed by atoms with Gasteiger partial charge in [-0.15, -0.1) is 0 Å². The molecule has 148 valence electrons. The Morgan fingerprint density at radius 1 is 0.840 bits per heavy atom. The molecule has 0 amide bonds. The van der Waals surface area contributed by atoms with Crippen LogP contribution in [0.2, 0.25) is 18.1 Å². The van der Waals surface area contributed by atoms with E-state index >= 15 is 0 Å². The average molecular weight is 389 g/mol. The molecule has 2 nitrogen and oxygen atoms in total. The molecule has 0 fully saturated rings. The summed E-state index contributed by atoms with van der Waals surface area (Å²) in [6.45, 7) is 10.3. The van der Waals surface area contributed by atoms with Crippen LogP contribution in [0.25, 0.3) is 0 Å². The summed E-state index contributed by atoms with van der Waals surface area (Å²) in [4.78, 5) is 11.2. The third kappa shape index (κ3) is 14.6. The molecule has 0 aromatic rings. The lowest BCUT2D eigenvalue weighted by Crippen LogP contribution is -2.25. The van der Waals surface area contributed by atoms with Crippen molar-refractivity contribution in [2.45, 2.75) is 110 Å². The average Bonchev–Trinajstić information content (AvgIpc) is 2.56. The Bertz CT molecular complexity index is 352. The van der Waals surface area contributed by atoms with Crippen LogP contribution >= 0.6 is 11.1 Å². The van der Waals surface area contributed by atoms with Crippen LogP contribution in [0.5, 0.6) is 0 Å². The standard InChI is InChI=1S/C21H41ClO2Si/c1-5-17-25(22,18-6-2)19-15-13-11-9-7-8-10-12-14-16-24-21(23)20(3)4/h3,5-19H2,1-2,4H3. The molecule has 0 saturated heterocycles. The van der Waals surface area contributed by atoms with Crippen molar-refractivity contribution in [2.24, 2.45) is 0 Å². The van der Waals surface area contributed by atoms with Crippen molar-refractivity contribution in [1.29, 1.82) is 0 Å². The van der Waals surface area contributed by atoms with Crippen molar-refractivity contribution in [3.63, 3.8) is 0 Å². The van der Waals surface area contributed by atoms with E-state index in [-0.39, 0.29) is 5.97 Å². The van der Waals surface area contributed by atoms with Gasteiger partial charge in [0.2, 0.25) is 0 Å². The van der Waals surface area contributed by atoms with E-state index in [1.807, 2.05) is 0 Å². The summed E-state index contributed by atoms with van der Waals surface area (Å²) in [5, 5.41) is 0. The lowest BCUT2D eigenvalue weighted by molar-refractivity contribution is -0.139. The van der Waals surface area contributed by atoms with E-state index in [1.54, 1.807) is 6.92 Å². The minimum atomic E-state index is -1.43. The molecular weight excluding hydrogens is 348 g/mol. The molecule has 0 aliphatic rings. The Kier molecular flexibility index (Phi) is 15.8. The molecule has 0 saturated carbocycles. The van der Waals surface area contributed by atoms with E-state index < -0.39 is 7.38 Å². The molecule has 0 atom stereocenters. The lowest BCUT2D eigenvalue weighted by atomic mass is 10.1. The Morgan fingerprint density at radius 2 is 1.28 bits per heavy atom. The second kappa shape index (κ2) is 15.9. The first-order chi connectivity index (χ1) is 11.9. The summed E-state index contributed by atoms with van der Waals surface area (Å²) < 4.78 is 5.09. The maximum Gasteiger partial charge on any atom is 0.333 e. The van der Waals surface area contributed by atoms with Crippen molar-refractivity contribution >= 4 is 24.4 Å². The van der Waals surface area contributed by atoms with Crippen molar-refractivity contribution in [3.8, 4) is 0 Å². The molecular formula is C21H41ClO2Si. The van der Waals surface area contributed by atoms with Crippen LogP contribution < -0.4 is 0 Å². The SMILES string of the molecule is C=C(C)C(=O)OCCCCCCCCCCC[Si](Cl)(CCC)CCC. The molecule has 0 unspecified atom stereocenters. The van der Waals surface area contributed by atoms with Crippen LogP contribution in [-0.4, -0.2) is 20.0 Å². The minimum absolute atomic E-state index is 0.262. The molecule has 0 aromatic carbocycles. The molecule has 0 rings (SSSR count). The van der Waals surface area contributed by atoms with Gasteiger partial charge in [0, 0.05) is 5.57 Å². The van der Waals surface area contributed by atoms with Gasteiger partial charge >= 0.3 is 5.97 Å². The van der Waals surface area contributed by atoms with Crippen molar-refractivity contribution in [3.05, 3.63) is 12.2 Å². The van der Waals surface area contributed by atoms with E-state index in [1.165, 1.54) is 75.9 Å². The van der Waals surface area contributed by atoms with Crippen molar-refractivity contribution in [2.75, 3.05) is 6.61 Å². The number of ether oxygens (including phenoxy) is 1. The summed E-state index contributed by atoms with van der Waals surface area (Å²) >= 11 is 6.90. The molecule has 0 radical (unpaired) electrons. The zero-order valence-corrected chi connectivity index (χ0v) is 18.8. The monoisotopic (exact) mass is 388 g/mol. The number of rotatable bonds is 17. The molecule has 0 heterocycles. The molecule has 0 N–H and O–H groups in total. The second-order valence-electron chi connectivity index (χ2n) is 7.50. The Hall–Kier alpha value is -0.283. The summed E-state index contributed by atoms with van der Waals surface area (Å²) in [6.07, 6.45) is 13.9. The summed E-state index contributed by atoms with van der Waals surface area (Å²) in [5.74, 6) is -0.262. The summed E-state index contributed by atoms with van der Waals surface area (Å²) in [7, 11) is -1.43. The lowest BCUT2D eigenvalue weighted by Gasteiger charge is -2.23. The Morgan fingerprint density at radius 3 is 1.72 bits per heavy atom. The first kappa shape index (κ1) is 24.7. The molecule has 0 aromatic heterocycles. The van der Waals surface area contributed by atoms with Gasteiger partial charge in [-0.3, -0.25) is 0 Å². The van der Waals surface area contributed by atoms with Gasteiger partial charge < -0.3 is 4.74 Å². The Balaban J connectivity index is 3.41. The maximum absolute atomic E-state index is 11.2. The third-order valence-electron chi connectivity index (χ3n) is 4.75. The van der Waals surface area contributed by atoms with Gasteiger partial charge in [-0.25, -0.2) is 4.79 Å². The third-order valence-corrected chi connectivity index (χ3v) is 10.5. The van der Waals surface area contributed by atoms with Crippen molar-refractivity contribution < 1.29 is 9.53 Å². The van der Waals surface area contributed by atoms with E-state index in [9.17, 15) is 4.79 Å². The predicted octanol–water partition coefficient (Wildman–Crippen LogP) is 7.62. The first-order valence-electron chi connectivity index (χ1n) is 10.5. The van der Waals surface area contributed by atoms with Gasteiger partial charge in [-0.2, -0.15) is 11.1 Å². The minimum Gasteiger partial charge on any atom is -0.462 e. The predicted molar refractivity (Wildman–Crippen MR) is 114 cm³/mol. The largest absolute Gasteiger partial charge is 0.462 e. The smallest absolute Gasteiger partial charge is 0.333 e. The van der Waals surface area contributed by atoms with Crippen molar-refractivity contribution in [1.82, 2.24) is 0 Å². The molecule has 0 spiro atoms. The van der Waals surface area contributed by atoms with Gasteiger partial charge in [-0.05, 0) is 31.5 Å². The highest BCUT2D eigenvalue weighted by molar-refractivity contribution is 7.20. The number of carbonyl (C=O) groups excluding carboxylic acids is 1. The quantitative estimate of drug-likeness (QED) is 0.0841. The number of carbonyl (C=O) groups is 1. The number of halogens is 1. The maximum atomic E-state index is 11.2. The van der Waals surface area contributed by atoms with E-state index in [0.717, 1.165) is 12.8 Å². The zero-order chi connectivity index (χ0) is 19.0. The number of esters is 1. The van der Waals surface area contributed by atoms with E-state index in [0.29, 0.717) is 12.2 Å².